The molecule has 2 rings (SSSR count). The van der Waals surface area contributed by atoms with Crippen molar-refractivity contribution in [2.45, 2.75) is 105 Å². The quantitative estimate of drug-likeness (QED) is 0.203. The molecule has 228 valence electrons. The number of hydrogen-bond donors (Lipinski definition) is 1. The zero-order valence-electron chi connectivity index (χ0n) is 26.3. The number of carbonyl (C=O) groups excluding carboxylic acids is 1. The van der Waals surface area contributed by atoms with Crippen molar-refractivity contribution in [3.8, 4) is 11.5 Å². The third kappa shape index (κ3) is 12.7. The predicted molar refractivity (Wildman–Crippen MR) is 170 cm³/mol. The molecule has 0 saturated heterocycles. The molecule has 0 saturated carbocycles. The fraction of sp³-hybridized carbons (Fsp3) is 0.594. The minimum Gasteiger partial charge on any atom is -0.454 e. The zero-order valence-corrected chi connectivity index (χ0v) is 27.1. The van der Waals surface area contributed by atoms with Crippen molar-refractivity contribution < 1.29 is 17.9 Å². The van der Waals surface area contributed by atoms with E-state index >= 15 is 0 Å². The molecule has 0 bridgehead atoms. The lowest BCUT2D eigenvalue weighted by Gasteiger charge is -2.29. The van der Waals surface area contributed by atoms with Crippen molar-refractivity contribution in [2.75, 3.05) is 31.6 Å². The van der Waals surface area contributed by atoms with E-state index in [-0.39, 0.29) is 16.6 Å². The first kappa shape index (κ1) is 37.4. The minimum absolute atomic E-state index is 0.165. The normalized spacial score (nSPS) is 10.5. The van der Waals surface area contributed by atoms with Gasteiger partial charge in [-0.15, -0.1) is 0 Å². The van der Waals surface area contributed by atoms with Crippen molar-refractivity contribution in [2.24, 2.45) is 5.14 Å². The average molecular weight is 578 g/mol. The highest BCUT2D eigenvalue weighted by molar-refractivity contribution is 7.89. The van der Waals surface area contributed by atoms with Crippen LogP contribution in [0.5, 0.6) is 11.5 Å². The van der Waals surface area contributed by atoms with Gasteiger partial charge in [-0.1, -0.05) is 98.8 Å². The summed E-state index contributed by atoms with van der Waals surface area (Å²) < 4.78 is 31.7. The molecule has 40 heavy (non-hydrogen) atoms. The van der Waals surface area contributed by atoms with Gasteiger partial charge < -0.3 is 14.5 Å². The number of sulfonamides is 1. The zero-order chi connectivity index (χ0) is 30.6. The molecule has 0 aliphatic rings. The largest absolute Gasteiger partial charge is 0.454 e. The van der Waals surface area contributed by atoms with E-state index in [1.807, 2.05) is 45.9 Å². The molecule has 2 aromatic rings. The molecule has 8 heteroatoms. The van der Waals surface area contributed by atoms with Gasteiger partial charge in [0.15, 0.2) is 5.75 Å². The second kappa shape index (κ2) is 21.2. The monoisotopic (exact) mass is 577 g/mol. The number of anilines is 1. The lowest BCUT2D eigenvalue weighted by molar-refractivity contribution is 0.0792. The SMILES string of the molecule is CC.CC.CCCCCCN(C)C(=O)c1cc(N(CCCC)CCCC)c(Oc2ccccc2)c(S(N)(=O)=O)c1. The summed E-state index contributed by atoms with van der Waals surface area (Å²) in [5.41, 5.74) is 0.875. The number of para-hydroxylation sites is 1. The van der Waals surface area contributed by atoms with Crippen LogP contribution in [-0.2, 0) is 10.0 Å². The molecule has 1 amide bonds. The summed E-state index contributed by atoms with van der Waals surface area (Å²) in [6, 6.07) is 12.2. The van der Waals surface area contributed by atoms with Gasteiger partial charge in [0, 0.05) is 32.2 Å². The average Bonchev–Trinajstić information content (AvgIpc) is 2.97. The van der Waals surface area contributed by atoms with E-state index in [4.69, 9.17) is 9.88 Å². The van der Waals surface area contributed by atoms with E-state index in [0.29, 0.717) is 23.5 Å². The summed E-state index contributed by atoms with van der Waals surface area (Å²) in [6.07, 6.45) is 8.01. The molecule has 0 radical (unpaired) electrons. The first-order chi connectivity index (χ1) is 19.2. The molecule has 0 fully saturated rings. The molecule has 0 spiro atoms. The molecule has 0 atom stereocenters. The Labute approximate surface area is 245 Å². The van der Waals surface area contributed by atoms with Crippen molar-refractivity contribution in [1.29, 1.82) is 0 Å². The van der Waals surface area contributed by atoms with E-state index in [1.165, 1.54) is 6.07 Å². The second-order valence-corrected chi connectivity index (χ2v) is 10.8. The van der Waals surface area contributed by atoms with Crippen LogP contribution in [0.25, 0.3) is 0 Å². The van der Waals surface area contributed by atoms with E-state index in [2.05, 4.69) is 25.7 Å². The maximum absolute atomic E-state index is 13.4. The third-order valence-corrected chi connectivity index (χ3v) is 7.07. The smallest absolute Gasteiger partial charge is 0.253 e. The van der Waals surface area contributed by atoms with Crippen LogP contribution >= 0.6 is 0 Å². The number of primary sulfonamides is 1. The maximum Gasteiger partial charge on any atom is 0.253 e. The van der Waals surface area contributed by atoms with Gasteiger partial charge >= 0.3 is 0 Å². The topological polar surface area (TPSA) is 92.9 Å². The van der Waals surface area contributed by atoms with E-state index < -0.39 is 10.0 Å². The molecule has 0 aliphatic carbocycles. The van der Waals surface area contributed by atoms with E-state index in [9.17, 15) is 13.2 Å². The van der Waals surface area contributed by atoms with E-state index in [0.717, 1.165) is 64.5 Å². The first-order valence-corrected chi connectivity index (χ1v) is 16.7. The Morgan fingerprint density at radius 1 is 0.800 bits per heavy atom. The van der Waals surface area contributed by atoms with Crippen LogP contribution in [0.15, 0.2) is 47.4 Å². The number of ether oxygens (including phenoxy) is 1. The van der Waals surface area contributed by atoms with E-state index in [1.54, 1.807) is 30.1 Å². The van der Waals surface area contributed by atoms with Crippen LogP contribution in [0, 0.1) is 0 Å². The summed E-state index contributed by atoms with van der Waals surface area (Å²) in [5.74, 6) is 0.439. The van der Waals surface area contributed by atoms with Gasteiger partial charge in [0.25, 0.3) is 5.91 Å². The molecule has 0 aliphatic heterocycles. The van der Waals surface area contributed by atoms with Crippen LogP contribution in [0.1, 0.15) is 110 Å². The lowest BCUT2D eigenvalue weighted by atomic mass is 10.1. The molecular weight excluding hydrogens is 522 g/mol. The molecule has 0 heterocycles. The number of nitrogens with two attached hydrogens (primary N) is 1. The minimum atomic E-state index is -4.18. The molecule has 7 nitrogen and oxygen atoms in total. The first-order valence-electron chi connectivity index (χ1n) is 15.2. The summed E-state index contributed by atoms with van der Waals surface area (Å²) in [7, 11) is -2.42. The number of benzene rings is 2. The third-order valence-electron chi connectivity index (χ3n) is 6.15. The van der Waals surface area contributed by atoms with Crippen LogP contribution in [0.2, 0.25) is 0 Å². The number of rotatable bonds is 16. The second-order valence-electron chi connectivity index (χ2n) is 9.26. The van der Waals surface area contributed by atoms with Gasteiger partial charge in [0.05, 0.1) is 5.69 Å². The van der Waals surface area contributed by atoms with Crippen molar-refractivity contribution in [1.82, 2.24) is 4.90 Å². The Morgan fingerprint density at radius 2 is 1.35 bits per heavy atom. The van der Waals surface area contributed by atoms with Crippen molar-refractivity contribution >= 4 is 21.6 Å². The van der Waals surface area contributed by atoms with Crippen molar-refractivity contribution in [3.05, 3.63) is 48.0 Å². The van der Waals surface area contributed by atoms with Crippen molar-refractivity contribution in [3.63, 3.8) is 0 Å². The summed E-state index contributed by atoms with van der Waals surface area (Å²) >= 11 is 0. The number of unbranched alkanes of at least 4 members (excludes halogenated alkanes) is 5. The fourth-order valence-electron chi connectivity index (χ4n) is 4.01. The molecule has 0 aromatic heterocycles. The highest BCUT2D eigenvalue weighted by Gasteiger charge is 2.27. The Hall–Kier alpha value is -2.58. The maximum atomic E-state index is 13.4. The molecule has 0 unspecified atom stereocenters. The molecule has 2 aromatic carbocycles. The van der Waals surface area contributed by atoms with Crippen LogP contribution in [0.3, 0.4) is 0 Å². The van der Waals surface area contributed by atoms with Gasteiger partial charge in [-0.3, -0.25) is 4.79 Å². The van der Waals surface area contributed by atoms with Gasteiger partial charge in [0.2, 0.25) is 10.0 Å². The number of nitrogens with zero attached hydrogens (tertiary/aromatic N) is 2. The van der Waals surface area contributed by atoms with Gasteiger partial charge in [-0.2, -0.15) is 0 Å². The standard InChI is InChI=1S/C28H43N3O4S.2C2H6/c1-5-8-11-15-18-30(4)28(32)23-21-25(31(19-9-6-2)20-10-7-3)27(26(22-23)36(29,33)34)35-24-16-13-12-14-17-24;2*1-2/h12-14,16-17,21-22H,5-11,15,18-20H2,1-4H3,(H2,29,33,34);2*1-2H3. The Bertz CT molecular complexity index is 1050. The predicted octanol–water partition coefficient (Wildman–Crippen LogP) is 8.24. The summed E-state index contributed by atoms with van der Waals surface area (Å²) in [5, 5.41) is 5.69. The Kier molecular flexibility index (Phi) is 19.8. The number of amides is 1. The lowest BCUT2D eigenvalue weighted by Crippen LogP contribution is -2.30. The van der Waals surface area contributed by atoms with Gasteiger partial charge in [-0.25, -0.2) is 13.6 Å². The Balaban J connectivity index is 0.00000363. The Morgan fingerprint density at radius 3 is 1.85 bits per heavy atom. The van der Waals surface area contributed by atoms with Crippen LogP contribution in [-0.4, -0.2) is 45.9 Å². The fourth-order valence-corrected chi connectivity index (χ4v) is 4.71. The summed E-state index contributed by atoms with van der Waals surface area (Å²) in [6.45, 7) is 16.4. The number of hydrogen-bond acceptors (Lipinski definition) is 5. The van der Waals surface area contributed by atoms with Crippen LogP contribution < -0.4 is 14.8 Å². The highest BCUT2D eigenvalue weighted by atomic mass is 32.2. The van der Waals surface area contributed by atoms with Gasteiger partial charge in [-0.05, 0) is 43.5 Å². The summed E-state index contributed by atoms with van der Waals surface area (Å²) in [4.78, 5) is 17.0. The highest BCUT2D eigenvalue weighted by Crippen LogP contribution is 2.40. The van der Waals surface area contributed by atoms with Gasteiger partial charge in [0.1, 0.15) is 10.6 Å². The van der Waals surface area contributed by atoms with Crippen LogP contribution in [0.4, 0.5) is 5.69 Å². The number of carbonyl (C=O) groups is 1. The molecular formula is C32H55N3O4S. The molecule has 2 N–H and O–H groups in total.